The molecule has 0 saturated carbocycles. The minimum absolute atomic E-state index is 0.0313. The molecule has 4 nitrogen and oxygen atoms in total. The number of hydrogen-bond donors (Lipinski definition) is 2. The maximum Gasteiger partial charge on any atom is 0.217 e. The van der Waals surface area contributed by atoms with Gasteiger partial charge in [-0.05, 0) is 12.8 Å². The molecule has 0 fully saturated rings. The van der Waals surface area contributed by atoms with E-state index in [9.17, 15) is 9.59 Å². The molecule has 0 aliphatic rings. The van der Waals surface area contributed by atoms with Crippen LogP contribution in [0.5, 0.6) is 0 Å². The summed E-state index contributed by atoms with van der Waals surface area (Å²) in [7, 11) is 0. The molecular weight excluding hydrogens is 156 g/mol. The van der Waals surface area contributed by atoms with Crippen LogP contribution in [0, 0.1) is 0 Å². The molecule has 12 heavy (non-hydrogen) atoms. The maximum absolute atomic E-state index is 10.4. The Morgan fingerprint density at radius 3 is 2.00 bits per heavy atom. The number of amides is 2. The number of hydrogen-bond acceptors (Lipinski definition) is 2. The zero-order valence-electron chi connectivity index (χ0n) is 9.01. The van der Waals surface area contributed by atoms with Crippen LogP contribution in [0.3, 0.4) is 0 Å². The summed E-state index contributed by atoms with van der Waals surface area (Å²) in [5, 5.41) is 0. The Kier molecular flexibility index (Phi) is 4.19. The fourth-order valence-electron chi connectivity index (χ4n) is 0.724. The van der Waals surface area contributed by atoms with Crippen LogP contribution in [-0.2, 0) is 9.59 Å². The second-order valence-corrected chi connectivity index (χ2v) is 2.54. The van der Waals surface area contributed by atoms with Crippen molar-refractivity contribution in [1.82, 2.24) is 0 Å². The Hall–Kier alpha value is -1.06. The molecule has 0 aromatic carbocycles. The van der Waals surface area contributed by atoms with E-state index in [4.69, 9.17) is 14.2 Å². The van der Waals surface area contributed by atoms with Crippen LogP contribution in [0.25, 0.3) is 0 Å². The third-order valence-corrected chi connectivity index (χ3v) is 1.32. The van der Waals surface area contributed by atoms with Crippen LogP contribution in [0.1, 0.15) is 41.2 Å². The van der Waals surface area contributed by atoms with E-state index in [0.29, 0.717) is 6.42 Å². The number of carbonyl (C=O) groups excluding carboxylic acids is 2. The molecule has 0 bridgehead atoms. The SMILES string of the molecule is [2H]C([2H])(CCCC(N)=O)CCC(N)=O. The van der Waals surface area contributed by atoms with Gasteiger partial charge in [-0.1, -0.05) is 12.8 Å². The molecule has 2 amide bonds. The lowest BCUT2D eigenvalue weighted by atomic mass is 10.1. The van der Waals surface area contributed by atoms with Gasteiger partial charge in [0, 0.05) is 15.6 Å². The van der Waals surface area contributed by atoms with E-state index in [1.54, 1.807) is 0 Å². The van der Waals surface area contributed by atoms with Gasteiger partial charge < -0.3 is 11.5 Å². The van der Waals surface area contributed by atoms with E-state index in [2.05, 4.69) is 0 Å². The van der Waals surface area contributed by atoms with Crippen molar-refractivity contribution >= 4 is 11.8 Å². The molecule has 0 aromatic rings. The second-order valence-electron chi connectivity index (χ2n) is 2.54. The highest BCUT2D eigenvalue weighted by molar-refractivity contribution is 5.73. The number of carbonyl (C=O) groups is 2. The molecule has 4 N–H and O–H groups in total. The fourth-order valence-corrected chi connectivity index (χ4v) is 0.724. The standard InChI is InChI=1S/C8H16N2O2/c9-7(11)5-3-1-2-4-6-8(10)12/h1-6H2,(H2,9,11)(H2,10,12)/i1D2. The van der Waals surface area contributed by atoms with Gasteiger partial charge in [0.1, 0.15) is 0 Å². The third kappa shape index (κ3) is 8.94. The summed E-state index contributed by atoms with van der Waals surface area (Å²) in [4.78, 5) is 20.8. The van der Waals surface area contributed by atoms with Gasteiger partial charge in [0.05, 0.1) is 0 Å². The molecule has 0 radical (unpaired) electrons. The van der Waals surface area contributed by atoms with E-state index < -0.39 is 18.2 Å². The molecule has 70 valence electrons. The van der Waals surface area contributed by atoms with Crippen molar-refractivity contribution in [1.29, 1.82) is 0 Å². The van der Waals surface area contributed by atoms with Crippen molar-refractivity contribution in [3.8, 4) is 0 Å². The van der Waals surface area contributed by atoms with Gasteiger partial charge in [-0.15, -0.1) is 0 Å². The molecule has 0 atom stereocenters. The zero-order valence-corrected chi connectivity index (χ0v) is 7.01. The van der Waals surface area contributed by atoms with E-state index >= 15 is 0 Å². The van der Waals surface area contributed by atoms with Crippen LogP contribution in [0.4, 0.5) is 0 Å². The van der Waals surface area contributed by atoms with Crippen LogP contribution in [0.15, 0.2) is 0 Å². The largest absolute Gasteiger partial charge is 0.370 e. The average Bonchev–Trinajstić information content (AvgIpc) is 2.00. The van der Waals surface area contributed by atoms with Gasteiger partial charge in [0.15, 0.2) is 0 Å². The molecule has 0 spiro atoms. The lowest BCUT2D eigenvalue weighted by Crippen LogP contribution is -2.10. The number of nitrogens with two attached hydrogens (primary N) is 2. The van der Waals surface area contributed by atoms with Gasteiger partial charge in [0.25, 0.3) is 0 Å². The Morgan fingerprint density at radius 1 is 1.00 bits per heavy atom. The first-order valence-corrected chi connectivity index (χ1v) is 3.90. The van der Waals surface area contributed by atoms with Crippen molar-refractivity contribution < 1.29 is 12.3 Å². The molecule has 4 heteroatoms. The predicted octanol–water partition coefficient (Wildman–Crippen LogP) is 0.298. The van der Waals surface area contributed by atoms with Crippen LogP contribution < -0.4 is 11.5 Å². The van der Waals surface area contributed by atoms with Crippen molar-refractivity contribution in [3.05, 3.63) is 0 Å². The highest BCUT2D eigenvalue weighted by atomic mass is 16.1. The van der Waals surface area contributed by atoms with Crippen molar-refractivity contribution in [2.75, 3.05) is 0 Å². The minimum Gasteiger partial charge on any atom is -0.370 e. The van der Waals surface area contributed by atoms with Gasteiger partial charge in [0.2, 0.25) is 11.8 Å². The van der Waals surface area contributed by atoms with Gasteiger partial charge in [-0.25, -0.2) is 0 Å². The highest BCUT2D eigenvalue weighted by Gasteiger charge is 1.96. The predicted molar refractivity (Wildman–Crippen MR) is 46.1 cm³/mol. The van der Waals surface area contributed by atoms with Crippen LogP contribution in [0.2, 0.25) is 0 Å². The fraction of sp³-hybridized carbons (Fsp3) is 0.750. The van der Waals surface area contributed by atoms with Gasteiger partial charge in [-0.2, -0.15) is 0 Å². The second kappa shape index (κ2) is 6.64. The maximum atomic E-state index is 10.4. The quantitative estimate of drug-likeness (QED) is 0.581. The Bertz CT molecular complexity index is 219. The summed E-state index contributed by atoms with van der Waals surface area (Å²) in [6.45, 7) is 0. The molecule has 0 rings (SSSR count). The van der Waals surface area contributed by atoms with Crippen molar-refractivity contribution in [2.45, 2.75) is 38.5 Å². The average molecular weight is 174 g/mol. The first-order valence-electron chi connectivity index (χ1n) is 4.90. The monoisotopic (exact) mass is 174 g/mol. The summed E-state index contributed by atoms with van der Waals surface area (Å²) in [5.41, 5.74) is 9.81. The van der Waals surface area contributed by atoms with E-state index in [-0.39, 0.29) is 25.7 Å². The summed E-state index contributed by atoms with van der Waals surface area (Å²) in [6, 6.07) is 0. The molecule has 0 heterocycles. The lowest BCUT2D eigenvalue weighted by molar-refractivity contribution is -0.119. The minimum atomic E-state index is -1.44. The van der Waals surface area contributed by atoms with E-state index in [1.165, 1.54) is 0 Å². The van der Waals surface area contributed by atoms with Gasteiger partial charge >= 0.3 is 0 Å². The van der Waals surface area contributed by atoms with E-state index in [1.807, 2.05) is 0 Å². The van der Waals surface area contributed by atoms with Crippen LogP contribution in [-0.4, -0.2) is 11.8 Å². The third-order valence-electron chi connectivity index (χ3n) is 1.32. The normalized spacial score (nSPS) is 13.3. The highest BCUT2D eigenvalue weighted by Crippen LogP contribution is 2.04. The first-order chi connectivity index (χ1) is 6.33. The lowest BCUT2D eigenvalue weighted by Gasteiger charge is -1.97. The number of rotatable bonds is 7. The van der Waals surface area contributed by atoms with Crippen LogP contribution >= 0.6 is 0 Å². The summed E-state index contributed by atoms with van der Waals surface area (Å²) >= 11 is 0. The molecule has 0 unspecified atom stereocenters. The van der Waals surface area contributed by atoms with Gasteiger partial charge in [-0.3, -0.25) is 9.59 Å². The summed E-state index contributed by atoms with van der Waals surface area (Å²) in [6.07, 6.45) is -0.504. The number of primary amides is 2. The molecule has 0 aliphatic carbocycles. The van der Waals surface area contributed by atoms with Crippen molar-refractivity contribution in [2.24, 2.45) is 11.5 Å². The molecule has 0 saturated heterocycles. The summed E-state index contributed by atoms with van der Waals surface area (Å²) < 4.78 is 14.9. The molecule has 0 aliphatic heterocycles. The zero-order chi connectivity index (χ0) is 11.2. The van der Waals surface area contributed by atoms with E-state index in [0.717, 1.165) is 0 Å². The first kappa shape index (κ1) is 7.58. The smallest absolute Gasteiger partial charge is 0.217 e. The Labute approximate surface area is 75.1 Å². The molecule has 0 aromatic heterocycles. The Morgan fingerprint density at radius 2 is 1.50 bits per heavy atom. The molecular formula is C8H16N2O2. The Balaban J connectivity index is 3.71. The summed E-state index contributed by atoms with van der Waals surface area (Å²) in [5.74, 6) is -0.945. The topological polar surface area (TPSA) is 86.2 Å². The van der Waals surface area contributed by atoms with Crippen molar-refractivity contribution in [3.63, 3.8) is 0 Å².